The van der Waals surface area contributed by atoms with E-state index in [1.54, 1.807) is 12.1 Å². The van der Waals surface area contributed by atoms with E-state index in [2.05, 4.69) is 37.5 Å². The van der Waals surface area contributed by atoms with Crippen molar-refractivity contribution in [1.29, 1.82) is 5.26 Å². The van der Waals surface area contributed by atoms with Crippen LogP contribution in [0.1, 0.15) is 64.5 Å². The number of halogens is 3. The lowest BCUT2D eigenvalue weighted by Crippen LogP contribution is -2.54. The van der Waals surface area contributed by atoms with Crippen LogP contribution in [0.3, 0.4) is 0 Å². The van der Waals surface area contributed by atoms with Crippen LogP contribution in [0.25, 0.3) is 0 Å². The fraction of sp³-hybridized carbons (Fsp3) is 0.323. The van der Waals surface area contributed by atoms with Crippen molar-refractivity contribution in [2.24, 2.45) is 5.92 Å². The minimum Gasteiger partial charge on any atom is -0.369 e. The summed E-state index contributed by atoms with van der Waals surface area (Å²) in [5, 5.41) is 17.7. The van der Waals surface area contributed by atoms with Gasteiger partial charge in [0, 0.05) is 25.2 Å². The molecule has 0 aliphatic carbocycles. The van der Waals surface area contributed by atoms with E-state index >= 15 is 0 Å². The van der Waals surface area contributed by atoms with Gasteiger partial charge in [0.05, 0.1) is 34.5 Å². The molecule has 48 heavy (non-hydrogen) atoms. The third-order valence-electron chi connectivity index (χ3n) is 8.24. The Kier molecular flexibility index (Phi) is 7.71. The number of nitrogens with zero attached hydrogens (tertiary/aromatic N) is 7. The molecular weight excluding hydrogens is 635 g/mol. The summed E-state index contributed by atoms with van der Waals surface area (Å²) in [5.41, 5.74) is -2.69. The van der Waals surface area contributed by atoms with E-state index in [0.717, 1.165) is 11.1 Å². The molecule has 0 radical (unpaired) electrons. The van der Waals surface area contributed by atoms with Gasteiger partial charge < -0.3 is 10.2 Å². The number of anilines is 2. The predicted octanol–water partition coefficient (Wildman–Crippen LogP) is 1.83. The number of hydrogen-bond acceptors (Lipinski definition) is 10. The first kappa shape index (κ1) is 31.9. The van der Waals surface area contributed by atoms with E-state index in [0.29, 0.717) is 24.8 Å². The second-order valence-corrected chi connectivity index (χ2v) is 11.8. The molecule has 3 aliphatic rings. The Balaban J connectivity index is 1.08. The maximum absolute atomic E-state index is 13.3. The van der Waals surface area contributed by atoms with Gasteiger partial charge in [0.2, 0.25) is 17.6 Å². The number of rotatable bonds is 5. The Labute approximate surface area is 269 Å². The van der Waals surface area contributed by atoms with Crippen molar-refractivity contribution in [3.8, 4) is 17.9 Å². The Morgan fingerprint density at radius 1 is 1.06 bits per heavy atom. The number of nitrogens with one attached hydrogen (secondary N) is 2. The van der Waals surface area contributed by atoms with Crippen molar-refractivity contribution in [2.45, 2.75) is 44.4 Å². The molecule has 0 bridgehead atoms. The molecule has 0 saturated carbocycles. The number of carbonyl (C=O) groups excluding carboxylic acids is 5. The molecule has 2 N–H and O–H groups in total. The number of fused-ring (bicyclic) bond motifs is 1. The quantitative estimate of drug-likeness (QED) is 0.303. The Hall–Kier alpha value is -6.10. The van der Waals surface area contributed by atoms with E-state index in [9.17, 15) is 37.1 Å². The van der Waals surface area contributed by atoms with E-state index in [1.807, 2.05) is 4.90 Å². The number of benzene rings is 1. The summed E-state index contributed by atoms with van der Waals surface area (Å²) >= 11 is 0. The number of imide groups is 2. The number of alkyl halides is 3. The third kappa shape index (κ3) is 5.70. The van der Waals surface area contributed by atoms with Crippen LogP contribution in [0, 0.1) is 29.1 Å². The molecular formula is C31H24F3N9O5. The summed E-state index contributed by atoms with van der Waals surface area (Å²) in [6.07, 6.45) is -2.52. The van der Waals surface area contributed by atoms with Gasteiger partial charge in [-0.25, -0.2) is 14.6 Å². The smallest absolute Gasteiger partial charge is 0.369 e. The maximum atomic E-state index is 13.3. The summed E-state index contributed by atoms with van der Waals surface area (Å²) in [6.45, 7) is 3.97. The zero-order valence-electron chi connectivity index (χ0n) is 25.3. The van der Waals surface area contributed by atoms with E-state index in [-0.39, 0.29) is 41.4 Å². The van der Waals surface area contributed by atoms with Gasteiger partial charge in [-0.15, -0.1) is 5.10 Å². The lowest BCUT2D eigenvalue weighted by atomic mass is 9.98. The minimum atomic E-state index is -4.84. The van der Waals surface area contributed by atoms with Gasteiger partial charge in [-0.05, 0) is 50.5 Å². The summed E-state index contributed by atoms with van der Waals surface area (Å²) in [4.78, 5) is 73.3. The first-order chi connectivity index (χ1) is 22.7. The fourth-order valence-electron chi connectivity index (χ4n) is 5.42. The molecule has 14 nitrogen and oxygen atoms in total. The standard InChI is InChI=1S/C31H24F3N9O5/c1-30(2,29(48)38-17-9-21(31(32,33)34)22(11-35)36-12-17)42-15-37-24(40-42)7-3-16-13-41(14-16)18-4-5-19-20(10-18)28(47)43(27(19)46)23-6-8-25(44)39-26(23)45/h4-5,9-10,12,15-16,23H,6,8,13-14H2,1-2H3,(H,38,48)(H,39,44,45). The van der Waals surface area contributed by atoms with Crippen LogP contribution in [0.5, 0.6) is 0 Å². The van der Waals surface area contributed by atoms with Crippen LogP contribution in [-0.4, -0.2) is 73.3 Å². The van der Waals surface area contributed by atoms with Gasteiger partial charge >= 0.3 is 6.18 Å². The first-order valence-corrected chi connectivity index (χ1v) is 14.5. The molecule has 2 fully saturated rings. The normalized spacial score (nSPS) is 18.0. The first-order valence-electron chi connectivity index (χ1n) is 14.5. The van der Waals surface area contributed by atoms with Crippen LogP contribution in [-0.2, 0) is 26.1 Å². The predicted molar refractivity (Wildman–Crippen MR) is 158 cm³/mol. The topological polar surface area (TPSA) is 183 Å². The van der Waals surface area contributed by atoms with Crippen molar-refractivity contribution < 1.29 is 37.1 Å². The van der Waals surface area contributed by atoms with Crippen LogP contribution in [0.15, 0.2) is 36.8 Å². The third-order valence-corrected chi connectivity index (χ3v) is 8.24. The van der Waals surface area contributed by atoms with Crippen molar-refractivity contribution in [3.63, 3.8) is 0 Å². The van der Waals surface area contributed by atoms with Gasteiger partial charge in [0.1, 0.15) is 24.0 Å². The van der Waals surface area contributed by atoms with Gasteiger partial charge in [-0.1, -0.05) is 5.92 Å². The average molecular weight is 660 g/mol. The molecule has 5 heterocycles. The number of amides is 5. The van der Waals surface area contributed by atoms with Crippen LogP contribution in [0.4, 0.5) is 24.5 Å². The monoisotopic (exact) mass is 659 g/mol. The molecule has 0 spiro atoms. The molecule has 2 aromatic heterocycles. The number of nitriles is 1. The molecule has 1 atom stereocenters. The van der Waals surface area contributed by atoms with Gasteiger partial charge in [0.15, 0.2) is 5.69 Å². The Morgan fingerprint density at radius 2 is 1.79 bits per heavy atom. The van der Waals surface area contributed by atoms with Crippen LogP contribution >= 0.6 is 0 Å². The molecule has 17 heteroatoms. The Morgan fingerprint density at radius 3 is 2.48 bits per heavy atom. The second-order valence-electron chi connectivity index (χ2n) is 11.8. The van der Waals surface area contributed by atoms with Gasteiger partial charge in [0.25, 0.3) is 17.7 Å². The molecule has 3 aromatic rings. The maximum Gasteiger partial charge on any atom is 0.419 e. The molecule has 1 aromatic carbocycles. The van der Waals surface area contributed by atoms with E-state index < -0.39 is 58.6 Å². The van der Waals surface area contributed by atoms with Crippen molar-refractivity contribution in [1.82, 2.24) is 30.0 Å². The van der Waals surface area contributed by atoms with Gasteiger partial charge in [-0.2, -0.15) is 18.4 Å². The van der Waals surface area contributed by atoms with Gasteiger partial charge in [-0.3, -0.25) is 34.2 Å². The van der Waals surface area contributed by atoms with Crippen molar-refractivity contribution in [3.05, 3.63) is 65.0 Å². The number of aromatic nitrogens is 4. The number of carbonyl (C=O) groups is 5. The molecule has 3 aliphatic heterocycles. The average Bonchev–Trinajstić information content (AvgIpc) is 3.59. The number of hydrogen-bond donors (Lipinski definition) is 2. The second kappa shape index (κ2) is 11.6. The number of pyridine rings is 1. The molecule has 2 saturated heterocycles. The molecule has 244 valence electrons. The summed E-state index contributed by atoms with van der Waals surface area (Å²) < 4.78 is 41.1. The zero-order valence-corrected chi connectivity index (χ0v) is 25.3. The highest BCUT2D eigenvalue weighted by Gasteiger charge is 2.45. The van der Waals surface area contributed by atoms with Crippen molar-refractivity contribution in [2.75, 3.05) is 23.3 Å². The minimum absolute atomic E-state index is 0.0287. The zero-order chi connectivity index (χ0) is 34.5. The highest BCUT2D eigenvalue weighted by atomic mass is 19.4. The molecule has 5 amide bonds. The van der Waals surface area contributed by atoms with Crippen LogP contribution in [0.2, 0.25) is 0 Å². The van der Waals surface area contributed by atoms with E-state index in [1.165, 1.54) is 37.0 Å². The molecule has 6 rings (SSSR count). The number of piperidine rings is 1. The van der Waals surface area contributed by atoms with Crippen molar-refractivity contribution >= 4 is 40.9 Å². The highest BCUT2D eigenvalue weighted by Crippen LogP contribution is 2.34. The summed E-state index contributed by atoms with van der Waals surface area (Å²) in [5.74, 6) is 2.91. The lowest BCUT2D eigenvalue weighted by molar-refractivity contribution is -0.138. The van der Waals surface area contributed by atoms with E-state index in [4.69, 9.17) is 5.26 Å². The summed E-state index contributed by atoms with van der Waals surface area (Å²) in [7, 11) is 0. The fourth-order valence-corrected chi connectivity index (χ4v) is 5.42. The Bertz CT molecular complexity index is 2020. The highest BCUT2D eigenvalue weighted by molar-refractivity contribution is 6.23. The lowest BCUT2D eigenvalue weighted by Gasteiger charge is -2.38. The van der Waals surface area contributed by atoms with Crippen LogP contribution < -0.4 is 15.5 Å². The molecule has 1 unspecified atom stereocenters. The largest absolute Gasteiger partial charge is 0.419 e. The SMILES string of the molecule is CC(C)(C(=O)Nc1cnc(C#N)c(C(F)(F)F)c1)n1cnc(C#CC2CN(c3ccc4c(c3)C(=O)N(C3CCC(=O)NC3=O)C4=O)C2)n1. The summed E-state index contributed by atoms with van der Waals surface area (Å²) in [6, 6.07) is 5.80.